The van der Waals surface area contributed by atoms with Crippen LogP contribution in [0.5, 0.6) is 0 Å². The summed E-state index contributed by atoms with van der Waals surface area (Å²) in [4.78, 5) is 15.3. The lowest BCUT2D eigenvalue weighted by Gasteiger charge is -2.34. The first-order valence-electron chi connectivity index (χ1n) is 8.49. The summed E-state index contributed by atoms with van der Waals surface area (Å²) in [6, 6.07) is 0.422. The van der Waals surface area contributed by atoms with E-state index in [2.05, 4.69) is 4.90 Å². The maximum Gasteiger partial charge on any atom is 0.226 e. The van der Waals surface area contributed by atoms with Gasteiger partial charge in [-0.05, 0) is 50.3 Å². The molecule has 0 spiro atoms. The van der Waals surface area contributed by atoms with Gasteiger partial charge in [-0.3, -0.25) is 4.79 Å². The van der Waals surface area contributed by atoms with Crippen molar-refractivity contribution in [3.8, 4) is 0 Å². The van der Waals surface area contributed by atoms with Gasteiger partial charge in [0.1, 0.15) is 0 Å². The number of carbonyl (C=O) groups excluding carboxylic acids is 1. The van der Waals surface area contributed by atoms with Gasteiger partial charge in [-0.2, -0.15) is 11.8 Å². The summed E-state index contributed by atoms with van der Waals surface area (Å²) in [5, 5.41) is 0. The molecule has 4 atom stereocenters. The predicted octanol–water partition coefficient (Wildman–Crippen LogP) is 1.87. The fourth-order valence-electron chi connectivity index (χ4n) is 4.05. The van der Waals surface area contributed by atoms with Crippen LogP contribution in [0.3, 0.4) is 0 Å². The molecule has 1 aliphatic carbocycles. The van der Waals surface area contributed by atoms with Crippen LogP contribution in [0, 0.1) is 11.8 Å². The first-order chi connectivity index (χ1) is 10.3. The first-order valence-corrected chi connectivity index (χ1v) is 9.65. The van der Waals surface area contributed by atoms with Gasteiger partial charge in [0.2, 0.25) is 5.91 Å². The minimum atomic E-state index is 0.169. The van der Waals surface area contributed by atoms with Crippen molar-refractivity contribution in [2.24, 2.45) is 17.6 Å². The molecule has 0 bridgehead atoms. The Kier molecular flexibility index (Phi) is 5.46. The molecule has 2 N–H and O–H groups in total. The number of nitrogens with zero attached hydrogens (tertiary/aromatic N) is 1. The van der Waals surface area contributed by atoms with Crippen LogP contribution in [0.1, 0.15) is 38.5 Å². The van der Waals surface area contributed by atoms with Crippen molar-refractivity contribution in [3.63, 3.8) is 0 Å². The van der Waals surface area contributed by atoms with Crippen LogP contribution < -0.4 is 5.73 Å². The van der Waals surface area contributed by atoms with Gasteiger partial charge < -0.3 is 15.4 Å². The molecule has 5 heteroatoms. The second kappa shape index (κ2) is 7.34. The van der Waals surface area contributed by atoms with Gasteiger partial charge in [0.25, 0.3) is 0 Å². The highest BCUT2D eigenvalue weighted by Gasteiger charge is 2.38. The molecule has 0 aromatic carbocycles. The van der Waals surface area contributed by atoms with Crippen molar-refractivity contribution in [3.05, 3.63) is 0 Å². The summed E-state index contributed by atoms with van der Waals surface area (Å²) >= 11 is 1.98. The van der Waals surface area contributed by atoms with E-state index in [4.69, 9.17) is 10.5 Å². The lowest BCUT2D eigenvalue weighted by atomic mass is 9.93. The number of thioether (sulfide) groups is 1. The molecule has 21 heavy (non-hydrogen) atoms. The summed E-state index contributed by atoms with van der Waals surface area (Å²) in [5.74, 6) is 3.22. The zero-order chi connectivity index (χ0) is 14.7. The van der Waals surface area contributed by atoms with E-state index in [-0.39, 0.29) is 12.0 Å². The van der Waals surface area contributed by atoms with Crippen molar-refractivity contribution in [1.82, 2.24) is 4.90 Å². The molecule has 3 aliphatic rings. The molecule has 1 saturated carbocycles. The Morgan fingerprint density at radius 3 is 2.81 bits per heavy atom. The molecular weight excluding hydrogens is 284 g/mol. The van der Waals surface area contributed by atoms with Crippen LogP contribution in [0.25, 0.3) is 0 Å². The number of rotatable bonds is 5. The van der Waals surface area contributed by atoms with E-state index in [1.807, 2.05) is 11.8 Å². The van der Waals surface area contributed by atoms with Crippen LogP contribution in [0.4, 0.5) is 0 Å². The number of hydrogen-bond donors (Lipinski definition) is 1. The van der Waals surface area contributed by atoms with Gasteiger partial charge in [0.15, 0.2) is 0 Å². The van der Waals surface area contributed by atoms with E-state index in [0.29, 0.717) is 24.4 Å². The monoisotopic (exact) mass is 312 g/mol. The van der Waals surface area contributed by atoms with Crippen LogP contribution in [0.2, 0.25) is 0 Å². The first kappa shape index (κ1) is 15.6. The summed E-state index contributed by atoms with van der Waals surface area (Å²) in [5.41, 5.74) is 5.88. The molecule has 2 aliphatic heterocycles. The lowest BCUT2D eigenvalue weighted by Crippen LogP contribution is -2.48. The highest BCUT2D eigenvalue weighted by atomic mass is 32.2. The third-order valence-electron chi connectivity index (χ3n) is 5.33. The largest absolute Gasteiger partial charge is 0.376 e. The normalized spacial score (nSPS) is 36.2. The Hall–Kier alpha value is -0.260. The summed E-state index contributed by atoms with van der Waals surface area (Å²) < 4.78 is 5.78. The highest BCUT2D eigenvalue weighted by molar-refractivity contribution is 7.99. The summed E-state index contributed by atoms with van der Waals surface area (Å²) in [6.45, 7) is 2.32. The molecule has 0 radical (unpaired) electrons. The van der Waals surface area contributed by atoms with E-state index in [1.165, 1.54) is 5.75 Å². The number of carbonyl (C=O) groups is 1. The van der Waals surface area contributed by atoms with E-state index in [1.54, 1.807) is 0 Å². The van der Waals surface area contributed by atoms with Gasteiger partial charge in [0.05, 0.1) is 6.10 Å². The second-order valence-electron chi connectivity index (χ2n) is 6.68. The SMILES string of the molecule is NCC1CCCC1C(=O)N(CC1CCCO1)C1CCSC1. The molecule has 3 rings (SSSR count). The molecule has 0 aromatic rings. The molecule has 120 valence electrons. The maximum absolute atomic E-state index is 13.1. The van der Waals surface area contributed by atoms with Crippen LogP contribution in [-0.4, -0.2) is 54.2 Å². The Morgan fingerprint density at radius 2 is 2.14 bits per heavy atom. The minimum Gasteiger partial charge on any atom is -0.376 e. The number of nitrogens with two attached hydrogens (primary N) is 1. The predicted molar refractivity (Wildman–Crippen MR) is 86.3 cm³/mol. The highest BCUT2D eigenvalue weighted by Crippen LogP contribution is 2.34. The summed E-state index contributed by atoms with van der Waals surface area (Å²) in [7, 11) is 0. The smallest absolute Gasteiger partial charge is 0.226 e. The fraction of sp³-hybridized carbons (Fsp3) is 0.938. The molecule has 2 heterocycles. The standard InChI is InChI=1S/C16H28N2O2S/c17-9-12-3-1-5-15(12)16(19)18(13-6-8-21-11-13)10-14-4-2-7-20-14/h12-15H,1-11,17H2. The van der Waals surface area contributed by atoms with Crippen molar-refractivity contribution in [1.29, 1.82) is 0 Å². The third kappa shape index (κ3) is 3.57. The third-order valence-corrected chi connectivity index (χ3v) is 6.48. The molecule has 4 nitrogen and oxygen atoms in total. The topological polar surface area (TPSA) is 55.6 Å². The van der Waals surface area contributed by atoms with E-state index < -0.39 is 0 Å². The van der Waals surface area contributed by atoms with E-state index in [9.17, 15) is 4.79 Å². The molecule has 1 amide bonds. The van der Waals surface area contributed by atoms with Crippen molar-refractivity contribution in [2.45, 2.75) is 50.7 Å². The molecule has 4 unspecified atom stereocenters. The van der Waals surface area contributed by atoms with Crippen LogP contribution in [-0.2, 0) is 9.53 Å². The van der Waals surface area contributed by atoms with Crippen molar-refractivity contribution >= 4 is 17.7 Å². The molecule has 3 fully saturated rings. The molecular formula is C16H28N2O2S. The Morgan fingerprint density at radius 1 is 1.24 bits per heavy atom. The Labute approximate surface area is 132 Å². The van der Waals surface area contributed by atoms with Gasteiger partial charge in [-0.25, -0.2) is 0 Å². The van der Waals surface area contributed by atoms with Gasteiger partial charge in [-0.15, -0.1) is 0 Å². The van der Waals surface area contributed by atoms with Crippen LogP contribution >= 0.6 is 11.8 Å². The minimum absolute atomic E-state index is 0.169. The zero-order valence-corrected chi connectivity index (χ0v) is 13.7. The van der Waals surface area contributed by atoms with Gasteiger partial charge in [0, 0.05) is 30.9 Å². The molecule has 0 aromatic heterocycles. The van der Waals surface area contributed by atoms with E-state index in [0.717, 1.165) is 57.4 Å². The Bertz CT molecular complexity index is 354. The van der Waals surface area contributed by atoms with Crippen molar-refractivity contribution in [2.75, 3.05) is 31.2 Å². The maximum atomic E-state index is 13.1. The fourth-order valence-corrected chi connectivity index (χ4v) is 5.28. The van der Waals surface area contributed by atoms with Gasteiger partial charge in [-0.1, -0.05) is 6.42 Å². The second-order valence-corrected chi connectivity index (χ2v) is 7.83. The number of ether oxygens (including phenoxy) is 1. The average Bonchev–Trinajstić information content (AvgIpc) is 3.25. The average molecular weight is 312 g/mol. The number of amides is 1. The Balaban J connectivity index is 1.68. The number of hydrogen-bond acceptors (Lipinski definition) is 4. The van der Waals surface area contributed by atoms with E-state index >= 15 is 0 Å². The quantitative estimate of drug-likeness (QED) is 0.842. The zero-order valence-electron chi connectivity index (χ0n) is 12.8. The summed E-state index contributed by atoms with van der Waals surface area (Å²) in [6.07, 6.45) is 6.96. The lowest BCUT2D eigenvalue weighted by molar-refractivity contribution is -0.140. The van der Waals surface area contributed by atoms with Gasteiger partial charge >= 0.3 is 0 Å². The van der Waals surface area contributed by atoms with Crippen molar-refractivity contribution < 1.29 is 9.53 Å². The van der Waals surface area contributed by atoms with Crippen LogP contribution in [0.15, 0.2) is 0 Å². The molecule has 2 saturated heterocycles.